The number of nitriles is 1. The van der Waals surface area contributed by atoms with Crippen molar-refractivity contribution in [1.29, 1.82) is 5.26 Å². The molecule has 1 aliphatic heterocycles. The standard InChI is InChI=1S/C22H25N7/c1-14-16(13-23)4-3-5-18(14)21(24)26-22-20-12-17(29-10-8-25-9-11-29)6-7-19(20)15(2)27-28-22/h3-7,12,21,25H,8-11,24H2,1-2H3,(H,26,28)/t21-/m0/s1. The van der Waals surface area contributed by atoms with E-state index in [4.69, 9.17) is 5.73 Å². The van der Waals surface area contributed by atoms with Crippen LogP contribution in [-0.4, -0.2) is 36.4 Å². The second kappa shape index (κ2) is 8.03. The summed E-state index contributed by atoms with van der Waals surface area (Å²) in [4.78, 5) is 2.37. The first-order valence-electron chi connectivity index (χ1n) is 9.83. The van der Waals surface area contributed by atoms with Gasteiger partial charge in [-0.25, -0.2) is 0 Å². The average molecular weight is 387 g/mol. The Morgan fingerprint density at radius 3 is 2.69 bits per heavy atom. The molecule has 4 rings (SSSR count). The van der Waals surface area contributed by atoms with Crippen LogP contribution in [0.3, 0.4) is 0 Å². The average Bonchev–Trinajstić information content (AvgIpc) is 2.76. The van der Waals surface area contributed by atoms with Crippen LogP contribution in [0.5, 0.6) is 0 Å². The van der Waals surface area contributed by atoms with Gasteiger partial charge in [-0.2, -0.15) is 10.4 Å². The first kappa shape index (κ1) is 19.1. The monoisotopic (exact) mass is 387 g/mol. The highest BCUT2D eigenvalue weighted by Gasteiger charge is 2.17. The highest BCUT2D eigenvalue weighted by Crippen LogP contribution is 2.30. The van der Waals surface area contributed by atoms with Gasteiger partial charge in [-0.05, 0) is 43.2 Å². The lowest BCUT2D eigenvalue weighted by atomic mass is 10.0. The third-order valence-electron chi connectivity index (χ3n) is 5.55. The van der Waals surface area contributed by atoms with Gasteiger partial charge in [0.15, 0.2) is 5.82 Å². The fraction of sp³-hybridized carbons (Fsp3) is 0.318. The Kier molecular flexibility index (Phi) is 5.30. The van der Waals surface area contributed by atoms with Gasteiger partial charge in [-0.3, -0.25) is 0 Å². The minimum atomic E-state index is -0.494. The number of nitrogens with zero attached hydrogens (tertiary/aromatic N) is 4. The maximum atomic E-state index is 9.30. The number of nitrogens with one attached hydrogen (secondary N) is 2. The third-order valence-corrected chi connectivity index (χ3v) is 5.55. The van der Waals surface area contributed by atoms with Crippen molar-refractivity contribution < 1.29 is 0 Å². The first-order chi connectivity index (χ1) is 14.1. The van der Waals surface area contributed by atoms with Gasteiger partial charge in [0.2, 0.25) is 0 Å². The maximum Gasteiger partial charge on any atom is 0.158 e. The largest absolute Gasteiger partial charge is 0.369 e. The first-order valence-corrected chi connectivity index (χ1v) is 9.83. The fourth-order valence-electron chi connectivity index (χ4n) is 3.84. The van der Waals surface area contributed by atoms with Crippen molar-refractivity contribution in [2.45, 2.75) is 20.0 Å². The molecule has 0 spiro atoms. The quantitative estimate of drug-likeness (QED) is 0.591. The zero-order valence-electron chi connectivity index (χ0n) is 16.7. The van der Waals surface area contributed by atoms with Gasteiger partial charge in [0.1, 0.15) is 6.17 Å². The highest BCUT2D eigenvalue weighted by molar-refractivity contribution is 5.95. The molecule has 2 heterocycles. The summed E-state index contributed by atoms with van der Waals surface area (Å²) in [6.07, 6.45) is -0.494. The predicted molar refractivity (Wildman–Crippen MR) is 116 cm³/mol. The molecule has 0 bridgehead atoms. The molecule has 4 N–H and O–H groups in total. The SMILES string of the molecule is Cc1c(C#N)cccc1[C@@H](N)Nc1nnc(C)c2ccc(N3CCNCC3)cc12. The smallest absolute Gasteiger partial charge is 0.158 e. The summed E-state index contributed by atoms with van der Waals surface area (Å²) in [5, 5.41) is 26.7. The van der Waals surface area contributed by atoms with E-state index in [2.05, 4.69) is 50.0 Å². The number of fused-ring (bicyclic) bond motifs is 1. The Morgan fingerprint density at radius 2 is 1.93 bits per heavy atom. The lowest BCUT2D eigenvalue weighted by molar-refractivity contribution is 0.589. The van der Waals surface area contributed by atoms with Crippen LogP contribution in [0, 0.1) is 25.2 Å². The molecule has 2 aromatic carbocycles. The molecule has 7 heteroatoms. The van der Waals surface area contributed by atoms with Crippen LogP contribution >= 0.6 is 0 Å². The number of piperazine rings is 1. The van der Waals surface area contributed by atoms with E-state index in [1.165, 1.54) is 5.69 Å². The highest BCUT2D eigenvalue weighted by atomic mass is 15.2. The van der Waals surface area contributed by atoms with Crippen molar-refractivity contribution in [2.24, 2.45) is 5.73 Å². The van der Waals surface area contributed by atoms with Crippen molar-refractivity contribution in [3.05, 3.63) is 58.8 Å². The van der Waals surface area contributed by atoms with Crippen LogP contribution in [0.2, 0.25) is 0 Å². The summed E-state index contributed by atoms with van der Waals surface area (Å²) in [6.45, 7) is 7.80. The number of nitrogens with two attached hydrogens (primary N) is 1. The number of rotatable bonds is 4. The summed E-state index contributed by atoms with van der Waals surface area (Å²) >= 11 is 0. The number of aryl methyl sites for hydroxylation is 1. The Labute approximate surface area is 170 Å². The molecule has 0 unspecified atom stereocenters. The summed E-state index contributed by atoms with van der Waals surface area (Å²) < 4.78 is 0. The van der Waals surface area contributed by atoms with Crippen LogP contribution in [0.1, 0.15) is 28.6 Å². The molecular weight excluding hydrogens is 362 g/mol. The van der Waals surface area contributed by atoms with Gasteiger partial charge < -0.3 is 21.3 Å². The minimum Gasteiger partial charge on any atom is -0.369 e. The second-order valence-corrected chi connectivity index (χ2v) is 7.35. The summed E-state index contributed by atoms with van der Waals surface area (Å²) in [5.41, 5.74) is 10.9. The van der Waals surface area contributed by atoms with Crippen molar-refractivity contribution in [3.63, 3.8) is 0 Å². The molecule has 148 valence electrons. The Bertz CT molecular complexity index is 1080. The Morgan fingerprint density at radius 1 is 1.14 bits per heavy atom. The zero-order chi connectivity index (χ0) is 20.4. The van der Waals surface area contributed by atoms with E-state index in [0.717, 1.165) is 53.8 Å². The fourth-order valence-corrected chi connectivity index (χ4v) is 3.84. The topological polar surface area (TPSA) is 103 Å². The van der Waals surface area contributed by atoms with Gasteiger partial charge in [-0.15, -0.1) is 5.10 Å². The summed E-state index contributed by atoms with van der Waals surface area (Å²) in [6, 6.07) is 14.2. The van der Waals surface area contributed by atoms with E-state index in [9.17, 15) is 5.26 Å². The van der Waals surface area contributed by atoms with Crippen LogP contribution in [0.15, 0.2) is 36.4 Å². The molecular formula is C22H25N7. The zero-order valence-corrected chi connectivity index (χ0v) is 16.7. The van der Waals surface area contributed by atoms with E-state index >= 15 is 0 Å². The van der Waals surface area contributed by atoms with E-state index in [-0.39, 0.29) is 0 Å². The van der Waals surface area contributed by atoms with Crippen molar-refractivity contribution >= 4 is 22.3 Å². The number of hydrogen-bond donors (Lipinski definition) is 3. The normalized spacial score (nSPS) is 15.2. The third kappa shape index (κ3) is 3.73. The van der Waals surface area contributed by atoms with Gasteiger partial charge in [0, 0.05) is 42.6 Å². The van der Waals surface area contributed by atoms with Crippen molar-refractivity contribution in [1.82, 2.24) is 15.5 Å². The van der Waals surface area contributed by atoms with E-state index in [1.807, 2.05) is 26.0 Å². The lowest BCUT2D eigenvalue weighted by Crippen LogP contribution is -2.43. The lowest BCUT2D eigenvalue weighted by Gasteiger charge is -2.29. The predicted octanol–water partition coefficient (Wildman–Crippen LogP) is 2.60. The molecule has 1 aromatic heterocycles. The van der Waals surface area contributed by atoms with Gasteiger partial charge in [0.05, 0.1) is 17.3 Å². The van der Waals surface area contributed by atoms with Gasteiger partial charge in [0.25, 0.3) is 0 Å². The molecule has 7 nitrogen and oxygen atoms in total. The molecule has 0 radical (unpaired) electrons. The van der Waals surface area contributed by atoms with Gasteiger partial charge >= 0.3 is 0 Å². The van der Waals surface area contributed by atoms with E-state index in [0.29, 0.717) is 11.4 Å². The molecule has 1 fully saturated rings. The molecule has 1 saturated heterocycles. The van der Waals surface area contributed by atoms with E-state index in [1.54, 1.807) is 6.07 Å². The maximum absolute atomic E-state index is 9.30. The van der Waals surface area contributed by atoms with E-state index < -0.39 is 6.17 Å². The molecule has 0 aliphatic carbocycles. The van der Waals surface area contributed by atoms with Crippen molar-refractivity contribution in [3.8, 4) is 6.07 Å². The van der Waals surface area contributed by atoms with Crippen molar-refractivity contribution in [2.75, 3.05) is 36.4 Å². The molecule has 3 aromatic rings. The molecule has 1 atom stereocenters. The van der Waals surface area contributed by atoms with Crippen LogP contribution in [-0.2, 0) is 0 Å². The number of aromatic nitrogens is 2. The molecule has 1 aliphatic rings. The number of benzene rings is 2. The Hall–Kier alpha value is -3.21. The molecule has 0 saturated carbocycles. The Balaban J connectivity index is 1.71. The molecule has 0 amide bonds. The number of hydrogen-bond acceptors (Lipinski definition) is 7. The number of anilines is 2. The van der Waals surface area contributed by atoms with Crippen LogP contribution in [0.25, 0.3) is 10.8 Å². The minimum absolute atomic E-state index is 0.494. The molecule has 29 heavy (non-hydrogen) atoms. The van der Waals surface area contributed by atoms with Crippen LogP contribution in [0.4, 0.5) is 11.5 Å². The second-order valence-electron chi connectivity index (χ2n) is 7.35. The van der Waals surface area contributed by atoms with Gasteiger partial charge in [-0.1, -0.05) is 18.2 Å². The summed E-state index contributed by atoms with van der Waals surface area (Å²) in [5.74, 6) is 0.650. The summed E-state index contributed by atoms with van der Waals surface area (Å²) in [7, 11) is 0. The van der Waals surface area contributed by atoms with Crippen LogP contribution < -0.4 is 21.3 Å².